The summed E-state index contributed by atoms with van der Waals surface area (Å²) in [6, 6.07) is 1.68. The van der Waals surface area contributed by atoms with Gasteiger partial charge >= 0.3 is 6.18 Å². The molecule has 80 valence electrons. The predicted octanol–water partition coefficient (Wildman–Crippen LogP) is 2.05. The van der Waals surface area contributed by atoms with Crippen LogP contribution in [0.15, 0.2) is 12.3 Å². The van der Waals surface area contributed by atoms with Gasteiger partial charge in [-0.25, -0.2) is 4.68 Å². The zero-order valence-corrected chi connectivity index (χ0v) is 8.30. The van der Waals surface area contributed by atoms with Gasteiger partial charge in [0.25, 0.3) is 0 Å². The molecule has 0 bridgehead atoms. The van der Waals surface area contributed by atoms with E-state index in [1.165, 1.54) is 10.9 Å². The van der Waals surface area contributed by atoms with Crippen LogP contribution in [0.4, 0.5) is 13.2 Å². The third-order valence-electron chi connectivity index (χ3n) is 1.67. The highest BCUT2D eigenvalue weighted by atomic mass is 32.1. The Morgan fingerprint density at radius 2 is 2.07 bits per heavy atom. The molecule has 0 atom stereocenters. The molecular formula is C7H5F3N4S. The third kappa shape index (κ3) is 1.84. The smallest absolute Gasteiger partial charge is 0.209 e. The van der Waals surface area contributed by atoms with Crippen LogP contribution in [0, 0.1) is 6.92 Å². The molecule has 0 spiro atoms. The minimum Gasteiger partial charge on any atom is -0.209 e. The van der Waals surface area contributed by atoms with Crippen LogP contribution in [0.25, 0.3) is 5.13 Å². The molecule has 0 unspecified atom stereocenters. The minimum absolute atomic E-state index is 0.116. The van der Waals surface area contributed by atoms with Crippen molar-refractivity contribution in [1.29, 1.82) is 0 Å². The first-order chi connectivity index (χ1) is 6.98. The maximum atomic E-state index is 12.2. The normalized spacial score (nSPS) is 12.0. The predicted molar refractivity (Wildman–Crippen MR) is 46.8 cm³/mol. The van der Waals surface area contributed by atoms with Crippen molar-refractivity contribution in [1.82, 2.24) is 20.0 Å². The molecule has 0 saturated carbocycles. The van der Waals surface area contributed by atoms with Crippen molar-refractivity contribution in [2.45, 2.75) is 13.1 Å². The topological polar surface area (TPSA) is 43.6 Å². The lowest BCUT2D eigenvalue weighted by Crippen LogP contribution is -2.03. The van der Waals surface area contributed by atoms with Gasteiger partial charge in [-0.3, -0.25) is 0 Å². The second-order valence-corrected chi connectivity index (χ2v) is 3.73. The Labute approximate surface area is 86.4 Å². The van der Waals surface area contributed by atoms with Crippen LogP contribution < -0.4 is 0 Å². The lowest BCUT2D eigenvalue weighted by atomic mass is 10.5. The molecule has 0 saturated heterocycles. The number of hydrogen-bond donors (Lipinski definition) is 0. The summed E-state index contributed by atoms with van der Waals surface area (Å²) in [6.45, 7) is 1.72. The molecule has 0 aliphatic carbocycles. The average molecular weight is 234 g/mol. The monoisotopic (exact) mass is 234 g/mol. The Hall–Kier alpha value is -1.44. The van der Waals surface area contributed by atoms with Crippen LogP contribution in [0.3, 0.4) is 0 Å². The summed E-state index contributed by atoms with van der Waals surface area (Å²) in [5.41, 5.74) is 0.708. The van der Waals surface area contributed by atoms with Crippen molar-refractivity contribution in [2.24, 2.45) is 0 Å². The molecule has 0 aromatic carbocycles. The molecule has 4 nitrogen and oxygen atoms in total. The number of nitrogens with zero attached hydrogens (tertiary/aromatic N) is 4. The molecule has 0 fully saturated rings. The second kappa shape index (κ2) is 3.30. The van der Waals surface area contributed by atoms with E-state index < -0.39 is 11.2 Å². The molecule has 2 rings (SSSR count). The number of alkyl halides is 3. The maximum Gasteiger partial charge on any atom is 0.445 e. The maximum absolute atomic E-state index is 12.2. The van der Waals surface area contributed by atoms with Crippen LogP contribution in [0.5, 0.6) is 0 Å². The first-order valence-electron chi connectivity index (χ1n) is 3.90. The third-order valence-corrected chi connectivity index (χ3v) is 2.61. The zero-order chi connectivity index (χ0) is 11.1. The van der Waals surface area contributed by atoms with Gasteiger partial charge in [0.2, 0.25) is 10.1 Å². The van der Waals surface area contributed by atoms with Crippen molar-refractivity contribution >= 4 is 11.3 Å². The van der Waals surface area contributed by atoms with Gasteiger partial charge in [-0.05, 0) is 13.0 Å². The van der Waals surface area contributed by atoms with Gasteiger partial charge in [-0.1, -0.05) is 11.3 Å². The van der Waals surface area contributed by atoms with Crippen molar-refractivity contribution in [3.8, 4) is 5.13 Å². The number of aryl methyl sites for hydroxylation is 1. The highest BCUT2D eigenvalue weighted by molar-refractivity contribution is 7.13. The molecule has 8 heteroatoms. The molecular weight excluding hydrogens is 229 g/mol. The van der Waals surface area contributed by atoms with E-state index in [4.69, 9.17) is 0 Å². The standard InChI is InChI=1S/C7H5F3N4S/c1-4-2-3-11-14(4)6-13-12-5(15-6)7(8,9)10/h2-3H,1H3. The highest BCUT2D eigenvalue weighted by Gasteiger charge is 2.35. The lowest BCUT2D eigenvalue weighted by molar-refractivity contribution is -0.138. The van der Waals surface area contributed by atoms with Crippen LogP contribution in [0.1, 0.15) is 10.7 Å². The number of halogens is 3. The van der Waals surface area contributed by atoms with E-state index >= 15 is 0 Å². The van der Waals surface area contributed by atoms with Gasteiger partial charge in [-0.15, -0.1) is 10.2 Å². The number of hydrogen-bond acceptors (Lipinski definition) is 4. The van der Waals surface area contributed by atoms with E-state index in [1.54, 1.807) is 13.0 Å². The summed E-state index contributed by atoms with van der Waals surface area (Å²) in [5, 5.41) is 9.49. The zero-order valence-electron chi connectivity index (χ0n) is 7.49. The van der Waals surface area contributed by atoms with Gasteiger partial charge in [0.1, 0.15) is 0 Å². The largest absolute Gasteiger partial charge is 0.445 e. The van der Waals surface area contributed by atoms with Gasteiger partial charge in [0.15, 0.2) is 0 Å². The number of aromatic nitrogens is 4. The number of rotatable bonds is 1. The Morgan fingerprint density at radius 1 is 1.33 bits per heavy atom. The van der Waals surface area contributed by atoms with Crippen molar-refractivity contribution in [3.63, 3.8) is 0 Å². The van der Waals surface area contributed by atoms with Gasteiger partial charge in [0.05, 0.1) is 0 Å². The molecule has 2 aromatic rings. The first kappa shape index (κ1) is 10.1. The molecule has 0 aliphatic heterocycles. The fraction of sp³-hybridized carbons (Fsp3) is 0.286. The molecule has 0 amide bonds. The molecule has 2 heterocycles. The molecule has 0 aliphatic rings. The summed E-state index contributed by atoms with van der Waals surface area (Å²) < 4.78 is 38.0. The van der Waals surface area contributed by atoms with E-state index in [2.05, 4.69) is 15.3 Å². The summed E-state index contributed by atoms with van der Waals surface area (Å²) in [5.74, 6) is 0. The summed E-state index contributed by atoms with van der Waals surface area (Å²) in [6.07, 6.45) is -2.96. The van der Waals surface area contributed by atoms with E-state index in [-0.39, 0.29) is 5.13 Å². The fourth-order valence-electron chi connectivity index (χ4n) is 0.985. The highest BCUT2D eigenvalue weighted by Crippen LogP contribution is 2.32. The molecule has 2 aromatic heterocycles. The Morgan fingerprint density at radius 3 is 2.53 bits per heavy atom. The summed E-state index contributed by atoms with van der Waals surface area (Å²) >= 11 is 0.465. The Kier molecular flexibility index (Phi) is 2.22. The van der Waals surface area contributed by atoms with Crippen LogP contribution in [-0.4, -0.2) is 20.0 Å². The van der Waals surface area contributed by atoms with Gasteiger partial charge in [0, 0.05) is 11.9 Å². The summed E-state index contributed by atoms with van der Waals surface area (Å²) in [4.78, 5) is 0. The second-order valence-electron chi connectivity index (χ2n) is 2.77. The molecule has 15 heavy (non-hydrogen) atoms. The van der Waals surface area contributed by atoms with E-state index in [0.29, 0.717) is 17.0 Å². The SMILES string of the molecule is Cc1ccnn1-c1nnc(C(F)(F)F)s1. The van der Waals surface area contributed by atoms with Gasteiger partial charge in [-0.2, -0.15) is 18.3 Å². The van der Waals surface area contributed by atoms with Crippen molar-refractivity contribution in [3.05, 3.63) is 23.0 Å². The quantitative estimate of drug-likeness (QED) is 0.758. The van der Waals surface area contributed by atoms with E-state index in [0.717, 1.165) is 0 Å². The van der Waals surface area contributed by atoms with Crippen LogP contribution >= 0.6 is 11.3 Å². The average Bonchev–Trinajstić information content (AvgIpc) is 2.69. The fourth-order valence-corrected chi connectivity index (χ4v) is 1.71. The Balaban J connectivity index is 2.41. The van der Waals surface area contributed by atoms with E-state index in [9.17, 15) is 13.2 Å². The van der Waals surface area contributed by atoms with Crippen LogP contribution in [-0.2, 0) is 6.18 Å². The van der Waals surface area contributed by atoms with Crippen molar-refractivity contribution < 1.29 is 13.2 Å². The summed E-state index contributed by atoms with van der Waals surface area (Å²) in [7, 11) is 0. The van der Waals surface area contributed by atoms with Gasteiger partial charge < -0.3 is 0 Å². The van der Waals surface area contributed by atoms with E-state index in [1.807, 2.05) is 0 Å². The molecule has 0 N–H and O–H groups in total. The van der Waals surface area contributed by atoms with Crippen LogP contribution in [0.2, 0.25) is 0 Å². The Bertz CT molecular complexity index is 473. The molecule has 0 radical (unpaired) electrons. The minimum atomic E-state index is -4.45. The lowest BCUT2D eigenvalue weighted by Gasteiger charge is -1.98. The first-order valence-corrected chi connectivity index (χ1v) is 4.72. The van der Waals surface area contributed by atoms with Crippen molar-refractivity contribution in [2.75, 3.05) is 0 Å².